The topological polar surface area (TPSA) is 79.8 Å². The SMILES string of the molecule is CC(=O)N1CCC(c2ccc(C3(C(=O)N4CCC5(C4)OC(=O)c4cnccc45)CC3)cc2)CC1. The Kier molecular flexibility index (Phi) is 4.80. The van der Waals surface area contributed by atoms with Crippen LogP contribution in [0.1, 0.15) is 72.0 Å². The maximum absolute atomic E-state index is 13.7. The largest absolute Gasteiger partial charge is 0.449 e. The number of piperidine rings is 1. The Hall–Kier alpha value is -3.22. The Morgan fingerprint density at radius 3 is 2.41 bits per heavy atom. The second kappa shape index (κ2) is 7.65. The Morgan fingerprint density at radius 1 is 1.00 bits per heavy atom. The van der Waals surface area contributed by atoms with Crippen molar-refractivity contribution in [2.24, 2.45) is 0 Å². The molecule has 3 aliphatic heterocycles. The lowest BCUT2D eigenvalue weighted by Gasteiger charge is -2.31. The second-order valence-corrected chi connectivity index (χ2v) is 10.3. The van der Waals surface area contributed by atoms with Crippen LogP contribution in [0.4, 0.5) is 0 Å². The first kappa shape index (κ1) is 21.3. The fourth-order valence-electron chi connectivity index (χ4n) is 6.16. The van der Waals surface area contributed by atoms with Gasteiger partial charge in [-0.15, -0.1) is 0 Å². The van der Waals surface area contributed by atoms with Crippen LogP contribution in [0.2, 0.25) is 0 Å². The molecule has 7 heteroatoms. The molecule has 176 valence electrons. The monoisotopic (exact) mass is 459 g/mol. The van der Waals surface area contributed by atoms with Gasteiger partial charge in [-0.05, 0) is 48.8 Å². The van der Waals surface area contributed by atoms with Gasteiger partial charge in [0.05, 0.1) is 17.5 Å². The molecule has 1 unspecified atom stereocenters. The molecule has 0 N–H and O–H groups in total. The number of likely N-dealkylation sites (tertiary alicyclic amines) is 2. The van der Waals surface area contributed by atoms with Crippen LogP contribution < -0.4 is 0 Å². The van der Waals surface area contributed by atoms with Gasteiger partial charge in [-0.2, -0.15) is 0 Å². The van der Waals surface area contributed by atoms with E-state index < -0.39 is 11.0 Å². The number of carbonyl (C=O) groups is 3. The van der Waals surface area contributed by atoms with Gasteiger partial charge in [-0.3, -0.25) is 14.6 Å². The van der Waals surface area contributed by atoms with Gasteiger partial charge in [-0.25, -0.2) is 4.79 Å². The summed E-state index contributed by atoms with van der Waals surface area (Å²) < 4.78 is 5.81. The standard InChI is InChI=1S/C27H29N3O4/c1-18(31)29-13-7-20(8-14-29)19-2-4-21(5-3-19)26(9-10-26)25(33)30-15-11-27(17-30)23-6-12-28-16-22(23)24(32)34-27/h2-6,12,16,20H,7-11,13-15,17H2,1H3. The summed E-state index contributed by atoms with van der Waals surface area (Å²) in [5.74, 6) is 0.411. The fraction of sp³-hybridized carbons (Fsp3) is 0.481. The van der Waals surface area contributed by atoms with Crippen molar-refractivity contribution >= 4 is 17.8 Å². The summed E-state index contributed by atoms with van der Waals surface area (Å²) in [4.78, 5) is 45.5. The Morgan fingerprint density at radius 2 is 1.74 bits per heavy atom. The van der Waals surface area contributed by atoms with Crippen molar-refractivity contribution in [2.45, 2.75) is 56.0 Å². The number of pyridine rings is 1. The molecule has 34 heavy (non-hydrogen) atoms. The van der Waals surface area contributed by atoms with Gasteiger partial charge >= 0.3 is 5.97 Å². The number of esters is 1. The summed E-state index contributed by atoms with van der Waals surface area (Å²) >= 11 is 0. The van der Waals surface area contributed by atoms with Gasteiger partial charge in [0, 0.05) is 50.9 Å². The number of benzene rings is 1. The van der Waals surface area contributed by atoms with Gasteiger partial charge in [0.1, 0.15) is 0 Å². The number of hydrogen-bond donors (Lipinski definition) is 0. The highest BCUT2D eigenvalue weighted by molar-refractivity contribution is 5.95. The maximum Gasteiger partial charge on any atom is 0.341 e. The molecular weight excluding hydrogens is 430 g/mol. The van der Waals surface area contributed by atoms with Crippen molar-refractivity contribution in [1.29, 1.82) is 0 Å². The maximum atomic E-state index is 13.7. The zero-order valence-electron chi connectivity index (χ0n) is 19.5. The molecular formula is C27H29N3O4. The summed E-state index contributed by atoms with van der Waals surface area (Å²) in [5, 5.41) is 0. The van der Waals surface area contributed by atoms with E-state index in [2.05, 4.69) is 29.2 Å². The van der Waals surface area contributed by atoms with Gasteiger partial charge in [0.25, 0.3) is 0 Å². The predicted molar refractivity (Wildman–Crippen MR) is 124 cm³/mol. The van der Waals surface area contributed by atoms with E-state index in [1.54, 1.807) is 19.3 Å². The Balaban J connectivity index is 1.16. The van der Waals surface area contributed by atoms with Gasteiger partial charge in [0.2, 0.25) is 11.8 Å². The number of rotatable bonds is 3. The normalized spacial score (nSPS) is 25.4. The predicted octanol–water partition coefficient (Wildman–Crippen LogP) is 3.14. The minimum Gasteiger partial charge on any atom is -0.449 e. The van der Waals surface area contributed by atoms with E-state index >= 15 is 0 Å². The molecule has 2 aromatic rings. The van der Waals surface area contributed by atoms with Crippen molar-refractivity contribution in [3.05, 3.63) is 65.0 Å². The van der Waals surface area contributed by atoms with Crippen LogP contribution in [0.25, 0.3) is 0 Å². The summed E-state index contributed by atoms with van der Waals surface area (Å²) in [6.45, 7) is 4.25. The van der Waals surface area contributed by atoms with E-state index in [-0.39, 0.29) is 17.8 Å². The van der Waals surface area contributed by atoms with Crippen molar-refractivity contribution in [1.82, 2.24) is 14.8 Å². The number of aromatic nitrogens is 1. The smallest absolute Gasteiger partial charge is 0.341 e. The molecule has 2 amide bonds. The summed E-state index contributed by atoms with van der Waals surface area (Å²) in [6, 6.07) is 10.4. The van der Waals surface area contributed by atoms with Crippen LogP contribution in [-0.4, -0.2) is 58.7 Å². The molecule has 1 spiro atoms. The fourth-order valence-corrected chi connectivity index (χ4v) is 6.16. The first-order valence-corrected chi connectivity index (χ1v) is 12.3. The molecule has 3 fully saturated rings. The summed E-state index contributed by atoms with van der Waals surface area (Å²) in [6.07, 6.45) is 7.53. The van der Waals surface area contributed by atoms with E-state index in [1.165, 1.54) is 5.56 Å². The van der Waals surface area contributed by atoms with Crippen molar-refractivity contribution < 1.29 is 19.1 Å². The number of nitrogens with zero attached hydrogens (tertiary/aromatic N) is 3. The lowest BCUT2D eigenvalue weighted by molar-refractivity contribution is -0.134. The van der Waals surface area contributed by atoms with Crippen molar-refractivity contribution in [3.8, 4) is 0 Å². The second-order valence-electron chi connectivity index (χ2n) is 10.3. The molecule has 1 atom stereocenters. The highest BCUT2D eigenvalue weighted by Crippen LogP contribution is 2.52. The first-order valence-electron chi connectivity index (χ1n) is 12.3. The molecule has 1 saturated carbocycles. The average Bonchev–Trinajstić information content (AvgIpc) is 3.50. The van der Waals surface area contributed by atoms with E-state index in [4.69, 9.17) is 4.74 Å². The van der Waals surface area contributed by atoms with Crippen LogP contribution >= 0.6 is 0 Å². The molecule has 4 aliphatic rings. The average molecular weight is 460 g/mol. The zero-order valence-corrected chi connectivity index (χ0v) is 19.5. The first-order chi connectivity index (χ1) is 16.4. The van der Waals surface area contributed by atoms with E-state index in [0.717, 1.165) is 49.9 Å². The molecule has 0 radical (unpaired) electrons. The van der Waals surface area contributed by atoms with Crippen molar-refractivity contribution in [2.75, 3.05) is 26.2 Å². The molecule has 6 rings (SSSR count). The van der Waals surface area contributed by atoms with Gasteiger partial charge < -0.3 is 14.5 Å². The minimum absolute atomic E-state index is 0.144. The molecule has 1 aliphatic carbocycles. The molecule has 1 aromatic carbocycles. The zero-order chi connectivity index (χ0) is 23.5. The van der Waals surface area contributed by atoms with Crippen LogP contribution in [0.5, 0.6) is 0 Å². The van der Waals surface area contributed by atoms with Gasteiger partial charge in [-0.1, -0.05) is 24.3 Å². The van der Waals surface area contributed by atoms with Crippen LogP contribution in [-0.2, 0) is 25.3 Å². The number of amides is 2. The molecule has 4 heterocycles. The van der Waals surface area contributed by atoms with Crippen LogP contribution in [0.15, 0.2) is 42.7 Å². The van der Waals surface area contributed by atoms with Crippen LogP contribution in [0.3, 0.4) is 0 Å². The summed E-state index contributed by atoms with van der Waals surface area (Å²) in [7, 11) is 0. The molecule has 0 bridgehead atoms. The quantitative estimate of drug-likeness (QED) is 0.659. The van der Waals surface area contributed by atoms with E-state index in [9.17, 15) is 14.4 Å². The highest BCUT2D eigenvalue weighted by atomic mass is 16.6. The number of fused-ring (bicyclic) bond motifs is 2. The van der Waals surface area contributed by atoms with Crippen LogP contribution in [0, 0.1) is 0 Å². The Labute approximate surface area is 199 Å². The van der Waals surface area contributed by atoms with E-state index in [1.807, 2.05) is 15.9 Å². The third kappa shape index (κ3) is 3.24. The van der Waals surface area contributed by atoms with Crippen molar-refractivity contribution in [3.63, 3.8) is 0 Å². The van der Waals surface area contributed by atoms with E-state index in [0.29, 0.717) is 31.0 Å². The minimum atomic E-state index is -0.736. The Bertz CT molecular complexity index is 1160. The highest BCUT2D eigenvalue weighted by Gasteiger charge is 2.57. The third-order valence-electron chi connectivity index (χ3n) is 8.37. The third-order valence-corrected chi connectivity index (χ3v) is 8.37. The summed E-state index contributed by atoms with van der Waals surface area (Å²) in [5.41, 5.74) is 2.55. The number of hydrogen-bond acceptors (Lipinski definition) is 5. The molecule has 1 aromatic heterocycles. The molecule has 2 saturated heterocycles. The number of ether oxygens (including phenoxy) is 1. The molecule has 7 nitrogen and oxygen atoms in total. The van der Waals surface area contributed by atoms with Gasteiger partial charge in [0.15, 0.2) is 5.60 Å². The lowest BCUT2D eigenvalue weighted by atomic mass is 9.86. The number of carbonyl (C=O) groups excluding carboxylic acids is 3. The lowest BCUT2D eigenvalue weighted by Crippen LogP contribution is -2.40.